The van der Waals surface area contributed by atoms with E-state index >= 15 is 0 Å². The number of rotatable bonds is 2. The standard InChI is InChI=1S/C8H4NO5P/c10-7-5-3-1-2-4-6(5)8(11)9(7)14-15(12)13/h1-4H/p+1. The summed E-state index contributed by atoms with van der Waals surface area (Å²) in [5, 5.41) is 0.295. The van der Waals surface area contributed by atoms with Gasteiger partial charge in [-0.25, -0.2) is 0 Å². The first-order valence-corrected chi connectivity index (χ1v) is 5.06. The molecule has 0 spiro atoms. The molecule has 15 heavy (non-hydrogen) atoms. The summed E-state index contributed by atoms with van der Waals surface area (Å²) in [5.74, 6) is -1.46. The molecule has 2 amide bonds. The molecule has 1 unspecified atom stereocenters. The SMILES string of the molecule is O=C1c2ccccc2C(=O)N1O[P+](=O)O. The van der Waals surface area contributed by atoms with Crippen molar-refractivity contribution in [2.75, 3.05) is 0 Å². The third-order valence-corrected chi connectivity index (χ3v) is 2.21. The highest BCUT2D eigenvalue weighted by molar-refractivity contribution is 7.32. The number of amides is 2. The van der Waals surface area contributed by atoms with E-state index in [1.165, 1.54) is 12.1 Å². The lowest BCUT2D eigenvalue weighted by Gasteiger charge is -2.00. The predicted molar refractivity (Wildman–Crippen MR) is 47.9 cm³/mol. The molecule has 6 nitrogen and oxygen atoms in total. The average molecular weight is 226 g/mol. The van der Waals surface area contributed by atoms with Gasteiger partial charge in [-0.3, -0.25) is 9.59 Å². The van der Waals surface area contributed by atoms with E-state index in [4.69, 9.17) is 4.89 Å². The third kappa shape index (κ3) is 1.55. The average Bonchev–Trinajstić information content (AvgIpc) is 2.44. The minimum Gasteiger partial charge on any atom is -0.266 e. The van der Waals surface area contributed by atoms with Crippen LogP contribution in [-0.2, 0) is 9.19 Å². The molecule has 0 aliphatic carbocycles. The van der Waals surface area contributed by atoms with Gasteiger partial charge < -0.3 is 0 Å². The molecule has 1 atom stereocenters. The fourth-order valence-electron chi connectivity index (χ4n) is 1.31. The lowest BCUT2D eigenvalue weighted by Crippen LogP contribution is -2.27. The van der Waals surface area contributed by atoms with Crippen molar-refractivity contribution in [2.45, 2.75) is 0 Å². The monoisotopic (exact) mass is 226 g/mol. The van der Waals surface area contributed by atoms with Crippen LogP contribution in [0.15, 0.2) is 24.3 Å². The first kappa shape index (κ1) is 9.92. The number of fused-ring (bicyclic) bond motifs is 1. The molecule has 0 radical (unpaired) electrons. The molecule has 1 aromatic rings. The van der Waals surface area contributed by atoms with E-state index in [-0.39, 0.29) is 11.1 Å². The van der Waals surface area contributed by atoms with Gasteiger partial charge in [0, 0.05) is 9.19 Å². The predicted octanol–water partition coefficient (Wildman–Crippen LogP) is 0.864. The molecule has 0 fully saturated rings. The van der Waals surface area contributed by atoms with Crippen molar-refractivity contribution in [3.8, 4) is 0 Å². The quantitative estimate of drug-likeness (QED) is 0.597. The highest BCUT2D eigenvalue weighted by Gasteiger charge is 2.41. The summed E-state index contributed by atoms with van der Waals surface area (Å²) in [6.45, 7) is 0. The van der Waals surface area contributed by atoms with Gasteiger partial charge in [0.05, 0.1) is 11.1 Å². The van der Waals surface area contributed by atoms with Gasteiger partial charge in [0.2, 0.25) is 0 Å². The number of benzene rings is 1. The van der Waals surface area contributed by atoms with Crippen molar-refractivity contribution in [1.29, 1.82) is 0 Å². The van der Waals surface area contributed by atoms with Crippen LogP contribution in [0.2, 0.25) is 0 Å². The van der Waals surface area contributed by atoms with E-state index in [0.29, 0.717) is 5.06 Å². The largest absolute Gasteiger partial charge is 0.719 e. The van der Waals surface area contributed by atoms with Gasteiger partial charge in [-0.15, -0.1) is 4.89 Å². The molecule has 0 saturated carbocycles. The van der Waals surface area contributed by atoms with Gasteiger partial charge in [0.1, 0.15) is 0 Å². The Morgan fingerprint density at radius 2 is 1.60 bits per heavy atom. The molecule has 0 saturated heterocycles. The number of hydroxylamine groups is 2. The number of hydrogen-bond donors (Lipinski definition) is 1. The lowest BCUT2D eigenvalue weighted by atomic mass is 10.1. The molecule has 1 aromatic carbocycles. The van der Waals surface area contributed by atoms with Crippen molar-refractivity contribution in [3.63, 3.8) is 0 Å². The number of hydrogen-bond acceptors (Lipinski definition) is 4. The number of imide groups is 1. The maximum Gasteiger partial charge on any atom is 0.719 e. The van der Waals surface area contributed by atoms with Crippen LogP contribution in [0, 0.1) is 0 Å². The Kier molecular flexibility index (Phi) is 2.32. The van der Waals surface area contributed by atoms with Crippen LogP contribution in [0.4, 0.5) is 0 Å². The topological polar surface area (TPSA) is 83.9 Å². The molecule has 1 aliphatic rings. The van der Waals surface area contributed by atoms with Crippen molar-refractivity contribution < 1.29 is 23.7 Å². The van der Waals surface area contributed by atoms with Crippen molar-refractivity contribution >= 4 is 20.1 Å². The van der Waals surface area contributed by atoms with E-state index in [0.717, 1.165) is 0 Å². The molecule has 1 heterocycles. The Morgan fingerprint density at radius 1 is 1.13 bits per heavy atom. The van der Waals surface area contributed by atoms with E-state index in [2.05, 4.69) is 4.62 Å². The molecule has 2 rings (SSSR count). The van der Waals surface area contributed by atoms with Crippen molar-refractivity contribution in [2.24, 2.45) is 0 Å². The summed E-state index contributed by atoms with van der Waals surface area (Å²) >= 11 is 0. The minimum atomic E-state index is -3.03. The van der Waals surface area contributed by atoms with Gasteiger partial charge in [-0.1, -0.05) is 17.2 Å². The van der Waals surface area contributed by atoms with Crippen LogP contribution in [0.5, 0.6) is 0 Å². The zero-order valence-electron chi connectivity index (χ0n) is 7.28. The Hall–Kier alpha value is -1.62. The number of nitrogens with zero attached hydrogens (tertiary/aromatic N) is 1. The molecule has 1 aliphatic heterocycles. The van der Waals surface area contributed by atoms with E-state index in [9.17, 15) is 14.2 Å². The Morgan fingerprint density at radius 3 is 2.00 bits per heavy atom. The van der Waals surface area contributed by atoms with Crippen molar-refractivity contribution in [3.05, 3.63) is 35.4 Å². The molecular weight excluding hydrogens is 221 g/mol. The second kappa shape index (κ2) is 3.51. The Balaban J connectivity index is 2.41. The number of carbonyl (C=O) groups excluding carboxylic acids is 2. The van der Waals surface area contributed by atoms with Crippen molar-refractivity contribution in [1.82, 2.24) is 5.06 Å². The fraction of sp³-hybridized carbons (Fsp3) is 0. The summed E-state index contributed by atoms with van der Waals surface area (Å²) in [4.78, 5) is 31.4. The second-order valence-electron chi connectivity index (χ2n) is 2.77. The van der Waals surface area contributed by atoms with Gasteiger partial charge in [-0.05, 0) is 12.1 Å². The maximum absolute atomic E-state index is 11.5. The van der Waals surface area contributed by atoms with Crippen LogP contribution >= 0.6 is 8.25 Å². The van der Waals surface area contributed by atoms with Gasteiger partial charge in [0.15, 0.2) is 0 Å². The summed E-state index contributed by atoms with van der Waals surface area (Å²) in [5.41, 5.74) is 0.332. The normalized spacial score (nSPS) is 15.5. The fourth-order valence-corrected chi connectivity index (χ4v) is 1.60. The molecule has 0 bridgehead atoms. The first-order chi connectivity index (χ1) is 7.11. The van der Waals surface area contributed by atoms with Gasteiger partial charge in [0.25, 0.3) is 11.8 Å². The summed E-state index contributed by atoms with van der Waals surface area (Å²) < 4.78 is 14.6. The zero-order valence-corrected chi connectivity index (χ0v) is 8.18. The van der Waals surface area contributed by atoms with Crippen LogP contribution in [-0.4, -0.2) is 21.8 Å². The van der Waals surface area contributed by atoms with Crippen LogP contribution in [0.25, 0.3) is 0 Å². The first-order valence-electron chi connectivity index (χ1n) is 3.93. The molecule has 76 valence electrons. The second-order valence-corrected chi connectivity index (χ2v) is 3.41. The molecular formula is C8H5NO5P+. The molecule has 7 heteroatoms. The third-order valence-electron chi connectivity index (χ3n) is 1.91. The minimum absolute atomic E-state index is 0.166. The highest BCUT2D eigenvalue weighted by Crippen LogP contribution is 2.28. The van der Waals surface area contributed by atoms with E-state index < -0.39 is 20.1 Å². The Bertz CT molecular complexity index is 437. The van der Waals surface area contributed by atoms with Crippen LogP contribution in [0.3, 0.4) is 0 Å². The van der Waals surface area contributed by atoms with Gasteiger partial charge in [-0.2, -0.15) is 0 Å². The number of carbonyl (C=O) groups is 2. The van der Waals surface area contributed by atoms with E-state index in [1.54, 1.807) is 12.1 Å². The zero-order chi connectivity index (χ0) is 11.0. The molecule has 1 N–H and O–H groups in total. The summed E-state index contributed by atoms with van der Waals surface area (Å²) in [7, 11) is -3.03. The smallest absolute Gasteiger partial charge is 0.266 e. The highest BCUT2D eigenvalue weighted by atomic mass is 31.1. The Labute approximate surface area is 85.0 Å². The summed E-state index contributed by atoms with van der Waals surface area (Å²) in [6.07, 6.45) is 0. The molecule has 0 aromatic heterocycles. The summed E-state index contributed by atoms with van der Waals surface area (Å²) in [6, 6.07) is 6.08. The van der Waals surface area contributed by atoms with E-state index in [1.807, 2.05) is 0 Å². The van der Waals surface area contributed by atoms with Gasteiger partial charge >= 0.3 is 8.25 Å². The van der Waals surface area contributed by atoms with Crippen LogP contribution < -0.4 is 0 Å². The maximum atomic E-state index is 11.5. The van der Waals surface area contributed by atoms with Crippen LogP contribution in [0.1, 0.15) is 20.7 Å². The lowest BCUT2D eigenvalue weighted by molar-refractivity contribution is -0.0156.